The van der Waals surface area contributed by atoms with Crippen LogP contribution in [0.2, 0.25) is 10.3 Å². The third kappa shape index (κ3) is 1.75. The predicted octanol–water partition coefficient (Wildman–Crippen LogP) is 2.39. The monoisotopic (exact) mass is 198 g/mol. The Hall–Kier alpha value is -0.480. The maximum Gasteiger partial charge on any atom is 0.197 e. The van der Waals surface area contributed by atoms with Crippen LogP contribution in [0.5, 0.6) is 0 Å². The molecule has 0 saturated carbocycles. The van der Waals surface area contributed by atoms with E-state index in [1.165, 1.54) is 0 Å². The summed E-state index contributed by atoms with van der Waals surface area (Å²) in [6.45, 7) is -0.917. The van der Waals surface area contributed by atoms with E-state index in [2.05, 4.69) is 9.97 Å². The van der Waals surface area contributed by atoms with Gasteiger partial charge in [0.05, 0.1) is 0 Å². The molecule has 0 unspecified atom stereocenters. The first-order valence-corrected chi connectivity index (χ1v) is 3.34. The first-order chi connectivity index (χ1) is 5.15. The molecule has 0 N–H and O–H groups in total. The standard InChI is InChI=1S/C5H2Cl2F2N2/c6-4-3(9)5(7)11-2(1-8)10-4/h1H2. The van der Waals surface area contributed by atoms with Crippen LogP contribution in [-0.4, -0.2) is 9.97 Å². The maximum absolute atomic E-state index is 12.5. The van der Waals surface area contributed by atoms with E-state index in [0.29, 0.717) is 0 Å². The largest absolute Gasteiger partial charge is 0.242 e. The lowest BCUT2D eigenvalue weighted by Crippen LogP contribution is -1.96. The van der Waals surface area contributed by atoms with Crippen LogP contribution in [0, 0.1) is 5.82 Å². The first-order valence-electron chi connectivity index (χ1n) is 2.58. The molecule has 1 aromatic heterocycles. The number of aromatic nitrogens is 2. The van der Waals surface area contributed by atoms with Crippen molar-refractivity contribution in [1.29, 1.82) is 0 Å². The fourth-order valence-electron chi connectivity index (χ4n) is 0.495. The molecule has 60 valence electrons. The third-order valence-corrected chi connectivity index (χ3v) is 1.44. The Labute approximate surface area is 71.2 Å². The van der Waals surface area contributed by atoms with Gasteiger partial charge in [0.2, 0.25) is 0 Å². The third-order valence-electron chi connectivity index (χ3n) is 0.936. The van der Waals surface area contributed by atoms with Gasteiger partial charge in [-0.2, -0.15) is 0 Å². The average molecular weight is 199 g/mol. The molecule has 11 heavy (non-hydrogen) atoms. The predicted molar refractivity (Wildman–Crippen MR) is 36.8 cm³/mol. The van der Waals surface area contributed by atoms with Crippen LogP contribution in [0.4, 0.5) is 8.78 Å². The lowest BCUT2D eigenvalue weighted by atomic mass is 10.6. The van der Waals surface area contributed by atoms with Gasteiger partial charge in [-0.25, -0.2) is 18.7 Å². The Morgan fingerprint density at radius 3 is 2.00 bits per heavy atom. The van der Waals surface area contributed by atoms with Crippen molar-refractivity contribution >= 4 is 23.2 Å². The SMILES string of the molecule is FCc1nc(Cl)c(F)c(Cl)n1. The van der Waals surface area contributed by atoms with Crippen LogP contribution in [-0.2, 0) is 6.67 Å². The van der Waals surface area contributed by atoms with Gasteiger partial charge in [0, 0.05) is 0 Å². The Kier molecular flexibility index (Phi) is 2.57. The minimum atomic E-state index is -0.925. The van der Waals surface area contributed by atoms with Crippen molar-refractivity contribution in [2.45, 2.75) is 6.67 Å². The summed E-state index contributed by atoms with van der Waals surface area (Å²) in [7, 11) is 0. The molecule has 1 rings (SSSR count). The van der Waals surface area contributed by atoms with Crippen LogP contribution in [0.1, 0.15) is 5.82 Å². The van der Waals surface area contributed by atoms with Crippen molar-refractivity contribution in [3.8, 4) is 0 Å². The normalized spacial score (nSPS) is 10.2. The van der Waals surface area contributed by atoms with Gasteiger partial charge in [0.25, 0.3) is 0 Å². The topological polar surface area (TPSA) is 25.8 Å². The molecule has 1 aromatic rings. The molecular formula is C5H2Cl2F2N2. The molecule has 0 aliphatic rings. The van der Waals surface area contributed by atoms with Crippen LogP contribution in [0.25, 0.3) is 0 Å². The number of nitrogens with zero attached hydrogens (tertiary/aromatic N) is 2. The van der Waals surface area contributed by atoms with Crippen molar-refractivity contribution in [2.24, 2.45) is 0 Å². The molecule has 0 bridgehead atoms. The Morgan fingerprint density at radius 1 is 1.18 bits per heavy atom. The van der Waals surface area contributed by atoms with Gasteiger partial charge in [-0.15, -0.1) is 0 Å². The lowest BCUT2D eigenvalue weighted by Gasteiger charge is -1.97. The fraction of sp³-hybridized carbons (Fsp3) is 0.200. The highest BCUT2D eigenvalue weighted by molar-refractivity contribution is 6.33. The van der Waals surface area contributed by atoms with E-state index in [0.717, 1.165) is 0 Å². The van der Waals surface area contributed by atoms with E-state index >= 15 is 0 Å². The van der Waals surface area contributed by atoms with Crippen LogP contribution >= 0.6 is 23.2 Å². The molecule has 1 heterocycles. The molecule has 0 saturated heterocycles. The Balaban J connectivity index is 3.21. The number of halogens is 4. The molecule has 0 aliphatic carbocycles. The molecular weight excluding hydrogens is 197 g/mol. The van der Waals surface area contributed by atoms with Gasteiger partial charge in [-0.05, 0) is 0 Å². The van der Waals surface area contributed by atoms with Gasteiger partial charge in [0.1, 0.15) is 6.67 Å². The van der Waals surface area contributed by atoms with E-state index in [4.69, 9.17) is 23.2 Å². The van der Waals surface area contributed by atoms with E-state index in [1.54, 1.807) is 0 Å². The summed E-state index contributed by atoms with van der Waals surface area (Å²) in [5, 5.41) is -0.921. The maximum atomic E-state index is 12.5. The van der Waals surface area contributed by atoms with Gasteiger partial charge in [-0.3, -0.25) is 0 Å². The number of hydrogen-bond acceptors (Lipinski definition) is 2. The molecule has 0 atom stereocenters. The minimum absolute atomic E-state index is 0.221. The van der Waals surface area contributed by atoms with Crippen LogP contribution in [0.3, 0.4) is 0 Å². The van der Waals surface area contributed by atoms with E-state index in [9.17, 15) is 8.78 Å². The van der Waals surface area contributed by atoms with Crippen molar-refractivity contribution in [1.82, 2.24) is 9.97 Å². The number of rotatable bonds is 1. The van der Waals surface area contributed by atoms with Gasteiger partial charge in [0.15, 0.2) is 21.9 Å². The molecule has 0 fully saturated rings. The minimum Gasteiger partial charge on any atom is -0.242 e. The van der Waals surface area contributed by atoms with E-state index in [-0.39, 0.29) is 5.82 Å². The molecule has 6 heteroatoms. The number of alkyl halides is 1. The zero-order valence-corrected chi connectivity index (χ0v) is 6.63. The van der Waals surface area contributed by atoms with E-state index in [1.807, 2.05) is 0 Å². The second-order valence-electron chi connectivity index (χ2n) is 1.67. The molecule has 2 nitrogen and oxygen atoms in total. The average Bonchev–Trinajstić information content (AvgIpc) is 1.99. The zero-order chi connectivity index (χ0) is 8.43. The molecule has 0 aliphatic heterocycles. The molecule has 0 amide bonds. The highest BCUT2D eigenvalue weighted by atomic mass is 35.5. The summed E-state index contributed by atoms with van der Waals surface area (Å²) < 4.78 is 24.4. The Bertz CT molecular complexity index is 256. The molecule has 0 spiro atoms. The van der Waals surface area contributed by atoms with Crippen molar-refractivity contribution in [3.63, 3.8) is 0 Å². The summed E-state index contributed by atoms with van der Waals surface area (Å²) >= 11 is 10.4. The van der Waals surface area contributed by atoms with Crippen LogP contribution < -0.4 is 0 Å². The van der Waals surface area contributed by atoms with Crippen molar-refractivity contribution < 1.29 is 8.78 Å². The highest BCUT2D eigenvalue weighted by Crippen LogP contribution is 2.18. The smallest absolute Gasteiger partial charge is 0.197 e. The van der Waals surface area contributed by atoms with Gasteiger partial charge >= 0.3 is 0 Å². The summed E-state index contributed by atoms with van der Waals surface area (Å²) in [6.07, 6.45) is 0. The van der Waals surface area contributed by atoms with Crippen LogP contribution in [0.15, 0.2) is 0 Å². The second-order valence-corrected chi connectivity index (χ2v) is 2.39. The quantitative estimate of drug-likeness (QED) is 0.649. The van der Waals surface area contributed by atoms with E-state index < -0.39 is 22.8 Å². The summed E-state index contributed by atoms with van der Waals surface area (Å²) in [5.74, 6) is -1.15. The summed E-state index contributed by atoms with van der Waals surface area (Å²) in [6, 6.07) is 0. The zero-order valence-electron chi connectivity index (χ0n) is 5.11. The molecule has 0 aromatic carbocycles. The summed E-state index contributed by atoms with van der Waals surface area (Å²) in [5.41, 5.74) is 0. The highest BCUT2D eigenvalue weighted by Gasteiger charge is 2.09. The molecule has 0 radical (unpaired) electrons. The first kappa shape index (κ1) is 8.62. The fourth-order valence-corrected chi connectivity index (χ4v) is 0.917. The Morgan fingerprint density at radius 2 is 1.64 bits per heavy atom. The lowest BCUT2D eigenvalue weighted by molar-refractivity contribution is 0.462. The van der Waals surface area contributed by atoms with Crippen molar-refractivity contribution in [3.05, 3.63) is 21.9 Å². The van der Waals surface area contributed by atoms with Crippen molar-refractivity contribution in [2.75, 3.05) is 0 Å². The van der Waals surface area contributed by atoms with Gasteiger partial charge in [-0.1, -0.05) is 23.2 Å². The second kappa shape index (κ2) is 3.28. The number of hydrogen-bond donors (Lipinski definition) is 0. The van der Waals surface area contributed by atoms with Gasteiger partial charge < -0.3 is 0 Å². The summed E-state index contributed by atoms with van der Waals surface area (Å²) in [4.78, 5) is 6.54.